The monoisotopic (exact) mass is 420 g/mol. The van der Waals surface area contributed by atoms with E-state index in [0.717, 1.165) is 35.1 Å². The Morgan fingerprint density at radius 1 is 0.935 bits per heavy atom. The van der Waals surface area contributed by atoms with E-state index in [1.165, 1.54) is 37.8 Å². The van der Waals surface area contributed by atoms with E-state index in [2.05, 4.69) is 29.5 Å². The average Bonchev–Trinajstić information content (AvgIpc) is 3.28. The zero-order valence-corrected chi connectivity index (χ0v) is 18.6. The number of rotatable bonds is 3. The lowest BCUT2D eigenvalue weighted by Crippen LogP contribution is -2.40. The molecule has 1 aliphatic carbocycles. The number of benzene rings is 1. The highest BCUT2D eigenvalue weighted by atomic mass is 16.2. The van der Waals surface area contributed by atoms with Crippen molar-refractivity contribution in [1.82, 2.24) is 19.0 Å². The van der Waals surface area contributed by atoms with Gasteiger partial charge >= 0.3 is 5.69 Å². The molecule has 0 bridgehead atoms. The zero-order chi connectivity index (χ0) is 21.5. The Kier molecular flexibility index (Phi) is 5.24. The highest BCUT2D eigenvalue weighted by molar-refractivity contribution is 5.95. The van der Waals surface area contributed by atoms with Gasteiger partial charge in [-0.2, -0.15) is 0 Å². The zero-order valence-electron chi connectivity index (χ0n) is 18.6. The summed E-state index contributed by atoms with van der Waals surface area (Å²) >= 11 is 0. The van der Waals surface area contributed by atoms with E-state index in [1.807, 2.05) is 33.7 Å². The molecular formula is C25H32N4O2. The third-order valence-corrected chi connectivity index (χ3v) is 7.40. The molecule has 1 aromatic carbocycles. The van der Waals surface area contributed by atoms with Crippen LogP contribution >= 0.6 is 0 Å². The standard InChI is InChI=1S/C25H32N4O2/c1-17-16-21(18(2)28(17)19-8-4-3-5-9-19)24(30)27-14-12-20(13-15-27)29-23-11-7-6-10-22(23)26-25(29)31/h6-7,10-11,16,19-20H,3-5,8-9,12-15H2,1-2H3,(H,26,31). The number of nitrogens with one attached hydrogen (secondary N) is 1. The first-order valence-electron chi connectivity index (χ1n) is 11.7. The average molecular weight is 421 g/mol. The number of carbonyl (C=O) groups excluding carboxylic acids is 1. The predicted octanol–water partition coefficient (Wildman–Crippen LogP) is 4.73. The van der Waals surface area contributed by atoms with Crippen molar-refractivity contribution in [1.29, 1.82) is 0 Å². The van der Waals surface area contributed by atoms with Crippen LogP contribution in [0.4, 0.5) is 0 Å². The molecule has 0 atom stereocenters. The van der Waals surface area contributed by atoms with E-state index in [-0.39, 0.29) is 17.6 Å². The summed E-state index contributed by atoms with van der Waals surface area (Å²) in [6.45, 7) is 5.60. The van der Waals surface area contributed by atoms with Crippen molar-refractivity contribution >= 4 is 16.9 Å². The van der Waals surface area contributed by atoms with Crippen LogP contribution < -0.4 is 5.69 Å². The first-order chi connectivity index (χ1) is 15.0. The fourth-order valence-electron chi connectivity index (χ4n) is 5.83. The molecule has 5 rings (SSSR count). The number of likely N-dealkylation sites (tertiary alicyclic amines) is 1. The topological polar surface area (TPSA) is 63.0 Å². The van der Waals surface area contributed by atoms with Crippen molar-refractivity contribution < 1.29 is 4.79 Å². The Hall–Kier alpha value is -2.76. The van der Waals surface area contributed by atoms with Gasteiger partial charge in [0.25, 0.3) is 5.91 Å². The predicted molar refractivity (Wildman–Crippen MR) is 123 cm³/mol. The minimum absolute atomic E-state index is 0.0537. The van der Waals surface area contributed by atoms with Gasteiger partial charge in [-0.3, -0.25) is 9.36 Å². The second-order valence-electron chi connectivity index (χ2n) is 9.29. The van der Waals surface area contributed by atoms with Crippen LogP contribution in [0.25, 0.3) is 11.0 Å². The first-order valence-corrected chi connectivity index (χ1v) is 11.7. The fraction of sp³-hybridized carbons (Fsp3) is 0.520. The molecule has 1 aliphatic heterocycles. The van der Waals surface area contributed by atoms with Crippen LogP contribution in [0.3, 0.4) is 0 Å². The lowest BCUT2D eigenvalue weighted by Gasteiger charge is -2.32. The Morgan fingerprint density at radius 2 is 1.61 bits per heavy atom. The number of nitrogens with zero attached hydrogens (tertiary/aromatic N) is 3. The molecular weight excluding hydrogens is 388 g/mol. The Bertz CT molecular complexity index is 1150. The molecule has 0 radical (unpaired) electrons. The number of aromatic amines is 1. The van der Waals surface area contributed by atoms with Gasteiger partial charge < -0.3 is 14.5 Å². The van der Waals surface area contributed by atoms with Crippen molar-refractivity contribution in [2.24, 2.45) is 0 Å². The number of aryl methyl sites for hydroxylation is 1. The van der Waals surface area contributed by atoms with Gasteiger partial charge in [0.2, 0.25) is 0 Å². The summed E-state index contributed by atoms with van der Waals surface area (Å²) in [4.78, 5) is 30.8. The van der Waals surface area contributed by atoms with Crippen LogP contribution in [0.5, 0.6) is 0 Å². The number of amides is 1. The van der Waals surface area contributed by atoms with Gasteiger partial charge in [0.1, 0.15) is 0 Å². The number of aromatic nitrogens is 3. The molecule has 1 saturated carbocycles. The van der Waals surface area contributed by atoms with Gasteiger partial charge in [-0.25, -0.2) is 4.79 Å². The Labute approximate surface area is 182 Å². The second kappa shape index (κ2) is 8.06. The summed E-state index contributed by atoms with van der Waals surface area (Å²) in [5.74, 6) is 0.139. The quantitative estimate of drug-likeness (QED) is 0.666. The molecule has 1 N–H and O–H groups in total. The van der Waals surface area contributed by atoms with E-state index in [9.17, 15) is 9.59 Å². The number of piperidine rings is 1. The SMILES string of the molecule is Cc1cc(C(=O)N2CCC(n3c(=O)[nH]c4ccccc43)CC2)c(C)n1C1CCCCC1. The number of hydrogen-bond acceptors (Lipinski definition) is 2. The molecule has 0 unspecified atom stereocenters. The Balaban J connectivity index is 1.32. The first kappa shape index (κ1) is 20.2. The summed E-state index contributed by atoms with van der Waals surface area (Å²) in [5.41, 5.74) is 4.94. The minimum atomic E-state index is -0.0537. The van der Waals surface area contributed by atoms with Crippen LogP contribution in [0.1, 0.15) is 78.8 Å². The van der Waals surface area contributed by atoms with Gasteiger partial charge in [0.15, 0.2) is 0 Å². The van der Waals surface area contributed by atoms with E-state index < -0.39 is 0 Å². The summed E-state index contributed by atoms with van der Waals surface area (Å²) in [6.07, 6.45) is 7.93. The van der Waals surface area contributed by atoms with Crippen molar-refractivity contribution in [3.05, 3.63) is 57.8 Å². The number of fused-ring (bicyclic) bond motifs is 1. The lowest BCUT2D eigenvalue weighted by atomic mass is 9.95. The molecule has 6 nitrogen and oxygen atoms in total. The molecule has 3 heterocycles. The van der Waals surface area contributed by atoms with Crippen molar-refractivity contribution in [2.45, 2.75) is 70.9 Å². The molecule has 2 fully saturated rings. The van der Waals surface area contributed by atoms with E-state index in [0.29, 0.717) is 19.1 Å². The van der Waals surface area contributed by atoms with E-state index >= 15 is 0 Å². The molecule has 0 spiro atoms. The van der Waals surface area contributed by atoms with E-state index in [1.54, 1.807) is 0 Å². The smallest absolute Gasteiger partial charge is 0.326 e. The number of carbonyl (C=O) groups is 1. The highest BCUT2D eigenvalue weighted by Gasteiger charge is 2.29. The molecule has 2 aromatic heterocycles. The molecule has 6 heteroatoms. The molecule has 1 saturated heterocycles. The highest BCUT2D eigenvalue weighted by Crippen LogP contribution is 2.33. The maximum atomic E-state index is 13.4. The minimum Gasteiger partial charge on any atom is -0.345 e. The molecule has 1 amide bonds. The van der Waals surface area contributed by atoms with Crippen molar-refractivity contribution in [3.63, 3.8) is 0 Å². The number of hydrogen-bond donors (Lipinski definition) is 1. The third-order valence-electron chi connectivity index (χ3n) is 7.40. The third kappa shape index (κ3) is 3.52. The summed E-state index contributed by atoms with van der Waals surface area (Å²) in [5, 5.41) is 0. The van der Waals surface area contributed by atoms with Crippen LogP contribution in [-0.4, -0.2) is 38.0 Å². The van der Waals surface area contributed by atoms with E-state index in [4.69, 9.17) is 0 Å². The summed E-state index contributed by atoms with van der Waals surface area (Å²) in [6, 6.07) is 10.6. The van der Waals surface area contributed by atoms with Gasteiger partial charge in [-0.15, -0.1) is 0 Å². The largest absolute Gasteiger partial charge is 0.345 e. The van der Waals surface area contributed by atoms with Gasteiger partial charge in [0, 0.05) is 36.6 Å². The van der Waals surface area contributed by atoms with Crippen LogP contribution in [0.2, 0.25) is 0 Å². The van der Waals surface area contributed by atoms with Crippen LogP contribution in [0.15, 0.2) is 35.1 Å². The number of H-pyrrole nitrogens is 1. The number of imidazole rings is 1. The van der Waals surface area contributed by atoms with Gasteiger partial charge in [-0.05, 0) is 57.7 Å². The summed E-state index contributed by atoms with van der Waals surface area (Å²) in [7, 11) is 0. The molecule has 3 aromatic rings. The van der Waals surface area contributed by atoms with Gasteiger partial charge in [-0.1, -0.05) is 31.4 Å². The van der Waals surface area contributed by atoms with Gasteiger partial charge in [0.05, 0.1) is 16.6 Å². The summed E-state index contributed by atoms with van der Waals surface area (Å²) < 4.78 is 4.29. The fourth-order valence-corrected chi connectivity index (χ4v) is 5.83. The van der Waals surface area contributed by atoms with Crippen molar-refractivity contribution in [3.8, 4) is 0 Å². The van der Waals surface area contributed by atoms with Crippen LogP contribution in [0, 0.1) is 13.8 Å². The lowest BCUT2D eigenvalue weighted by molar-refractivity contribution is 0.0694. The van der Waals surface area contributed by atoms with Crippen molar-refractivity contribution in [2.75, 3.05) is 13.1 Å². The normalized spacial score (nSPS) is 18.7. The second-order valence-corrected chi connectivity index (χ2v) is 9.29. The van der Waals surface area contributed by atoms with Crippen LogP contribution in [-0.2, 0) is 0 Å². The maximum Gasteiger partial charge on any atom is 0.326 e. The molecule has 31 heavy (non-hydrogen) atoms. The molecule has 2 aliphatic rings. The Morgan fingerprint density at radius 3 is 2.35 bits per heavy atom. The molecule has 164 valence electrons. The maximum absolute atomic E-state index is 13.4. The number of para-hydroxylation sites is 2.